The Morgan fingerprint density at radius 3 is 2.39 bits per heavy atom. The smallest absolute Gasteiger partial charge is 0.306 e. The quantitative estimate of drug-likeness (QED) is 0.250. The Labute approximate surface area is 221 Å². The standard InChI is InChI=1S/C30H31N5O3/c31-15-7-1-2-12-27(36)38-19-23-10-5-6-11-24(23)20-13-14-26-25(16-20)28(34-30(32)33-26)29(37)35-17-21-8-3-4-9-22(21)18-35/h3-6,8-11,13-14,16H,1-2,7,12,15,17-19,31H2,(H2,32,33,34). The third kappa shape index (κ3) is 5.50. The van der Waals surface area contributed by atoms with E-state index in [9.17, 15) is 9.59 Å². The van der Waals surface area contributed by atoms with Crippen molar-refractivity contribution < 1.29 is 14.3 Å². The van der Waals surface area contributed by atoms with Gasteiger partial charge in [0.2, 0.25) is 5.95 Å². The van der Waals surface area contributed by atoms with Crippen LogP contribution in [0.2, 0.25) is 0 Å². The van der Waals surface area contributed by atoms with Gasteiger partial charge in [0, 0.05) is 24.9 Å². The Bertz CT molecular complexity index is 1460. The highest BCUT2D eigenvalue weighted by Gasteiger charge is 2.27. The molecule has 1 aliphatic heterocycles. The van der Waals surface area contributed by atoms with Crippen LogP contribution in [-0.2, 0) is 29.2 Å². The molecule has 3 aromatic carbocycles. The molecule has 1 amide bonds. The molecule has 0 radical (unpaired) electrons. The first-order chi connectivity index (χ1) is 18.5. The van der Waals surface area contributed by atoms with Crippen molar-refractivity contribution in [2.24, 2.45) is 5.73 Å². The lowest BCUT2D eigenvalue weighted by Gasteiger charge is -2.17. The van der Waals surface area contributed by atoms with Gasteiger partial charge in [0.1, 0.15) is 12.3 Å². The number of nitrogen functional groups attached to an aromatic ring is 1. The van der Waals surface area contributed by atoms with Crippen molar-refractivity contribution in [1.82, 2.24) is 14.9 Å². The number of carbonyl (C=O) groups is 2. The first-order valence-electron chi connectivity index (χ1n) is 12.9. The minimum Gasteiger partial charge on any atom is -0.461 e. The number of hydrogen-bond donors (Lipinski definition) is 2. The van der Waals surface area contributed by atoms with E-state index in [2.05, 4.69) is 9.97 Å². The fourth-order valence-corrected chi connectivity index (χ4v) is 4.85. The molecule has 4 N–H and O–H groups in total. The number of rotatable bonds is 9. The van der Waals surface area contributed by atoms with E-state index in [0.29, 0.717) is 37.0 Å². The van der Waals surface area contributed by atoms with Gasteiger partial charge in [-0.2, -0.15) is 0 Å². The minimum absolute atomic E-state index is 0.0593. The molecule has 194 valence electrons. The second kappa shape index (κ2) is 11.4. The van der Waals surface area contributed by atoms with Gasteiger partial charge in [-0.05, 0) is 59.3 Å². The first-order valence-corrected chi connectivity index (χ1v) is 12.9. The van der Waals surface area contributed by atoms with Gasteiger partial charge >= 0.3 is 5.97 Å². The number of nitrogens with zero attached hydrogens (tertiary/aromatic N) is 3. The summed E-state index contributed by atoms with van der Waals surface area (Å²) in [5.41, 5.74) is 17.3. The monoisotopic (exact) mass is 509 g/mol. The summed E-state index contributed by atoms with van der Waals surface area (Å²) in [5, 5.41) is 0.629. The fourth-order valence-electron chi connectivity index (χ4n) is 4.85. The van der Waals surface area contributed by atoms with Crippen LogP contribution >= 0.6 is 0 Å². The summed E-state index contributed by atoms with van der Waals surface area (Å²) in [5.74, 6) is -0.350. The van der Waals surface area contributed by atoms with Crippen molar-refractivity contribution >= 4 is 28.7 Å². The van der Waals surface area contributed by atoms with Gasteiger partial charge in [0.05, 0.1) is 5.52 Å². The Morgan fingerprint density at radius 2 is 1.63 bits per heavy atom. The van der Waals surface area contributed by atoms with E-state index >= 15 is 0 Å². The van der Waals surface area contributed by atoms with Crippen LogP contribution in [0.3, 0.4) is 0 Å². The first kappa shape index (κ1) is 25.4. The molecule has 8 nitrogen and oxygen atoms in total. The van der Waals surface area contributed by atoms with Gasteiger partial charge in [-0.25, -0.2) is 9.97 Å². The van der Waals surface area contributed by atoms with Crippen molar-refractivity contribution in [2.45, 2.75) is 45.4 Å². The van der Waals surface area contributed by atoms with Crippen LogP contribution in [0, 0.1) is 0 Å². The lowest BCUT2D eigenvalue weighted by molar-refractivity contribution is -0.145. The van der Waals surface area contributed by atoms with Gasteiger partial charge in [-0.1, -0.05) is 61.0 Å². The van der Waals surface area contributed by atoms with Crippen molar-refractivity contribution in [2.75, 3.05) is 12.3 Å². The van der Waals surface area contributed by atoms with E-state index in [4.69, 9.17) is 16.2 Å². The Hall–Kier alpha value is -4.30. The summed E-state index contributed by atoms with van der Waals surface area (Å²) < 4.78 is 5.56. The highest BCUT2D eigenvalue weighted by atomic mass is 16.5. The Kier molecular flexibility index (Phi) is 7.60. The molecular formula is C30H31N5O3. The molecule has 1 aliphatic rings. The largest absolute Gasteiger partial charge is 0.461 e. The average Bonchev–Trinajstić information content (AvgIpc) is 3.38. The number of unbranched alkanes of at least 4 members (excludes halogenated alkanes) is 2. The summed E-state index contributed by atoms with van der Waals surface area (Å²) in [6.45, 7) is 1.85. The zero-order valence-electron chi connectivity index (χ0n) is 21.2. The van der Waals surface area contributed by atoms with E-state index in [1.807, 2.05) is 66.7 Å². The molecule has 0 saturated heterocycles. The number of nitrogens with two attached hydrogens (primary N) is 2. The van der Waals surface area contributed by atoms with Crippen molar-refractivity contribution in [3.63, 3.8) is 0 Å². The molecule has 38 heavy (non-hydrogen) atoms. The number of aromatic nitrogens is 2. The molecule has 8 heteroatoms. The highest BCUT2D eigenvalue weighted by molar-refractivity contribution is 6.06. The molecule has 0 unspecified atom stereocenters. The van der Waals surface area contributed by atoms with E-state index in [1.165, 1.54) is 0 Å². The number of anilines is 1. The third-order valence-electron chi connectivity index (χ3n) is 6.85. The van der Waals surface area contributed by atoms with Gasteiger partial charge in [0.15, 0.2) is 0 Å². The van der Waals surface area contributed by atoms with Crippen LogP contribution in [0.15, 0.2) is 66.7 Å². The SMILES string of the molecule is NCCCCCC(=O)OCc1ccccc1-c1ccc2nc(N)nc(C(=O)N3Cc4ccccc4C3)c2c1. The lowest BCUT2D eigenvalue weighted by Crippen LogP contribution is -2.27. The van der Waals surface area contributed by atoms with Gasteiger partial charge < -0.3 is 21.1 Å². The van der Waals surface area contributed by atoms with Crippen LogP contribution in [0.1, 0.15) is 52.9 Å². The topological polar surface area (TPSA) is 124 Å². The maximum absolute atomic E-state index is 13.6. The molecular weight excluding hydrogens is 478 g/mol. The summed E-state index contributed by atoms with van der Waals surface area (Å²) in [4.78, 5) is 36.4. The van der Waals surface area contributed by atoms with E-state index < -0.39 is 0 Å². The Morgan fingerprint density at radius 1 is 0.895 bits per heavy atom. The van der Waals surface area contributed by atoms with Crippen molar-refractivity contribution in [3.05, 3.63) is 89.1 Å². The van der Waals surface area contributed by atoms with Crippen LogP contribution in [0.25, 0.3) is 22.0 Å². The maximum Gasteiger partial charge on any atom is 0.306 e. The molecule has 0 saturated carbocycles. The van der Waals surface area contributed by atoms with Gasteiger partial charge in [-0.15, -0.1) is 0 Å². The van der Waals surface area contributed by atoms with Gasteiger partial charge in [-0.3, -0.25) is 9.59 Å². The Balaban J connectivity index is 1.41. The van der Waals surface area contributed by atoms with Gasteiger partial charge in [0.25, 0.3) is 5.91 Å². The second-order valence-corrected chi connectivity index (χ2v) is 9.51. The summed E-state index contributed by atoms with van der Waals surface area (Å²) >= 11 is 0. The number of carbonyl (C=O) groups excluding carboxylic acids is 2. The summed E-state index contributed by atoms with van der Waals surface area (Å²) in [6.07, 6.45) is 2.96. The molecule has 0 aliphatic carbocycles. The highest BCUT2D eigenvalue weighted by Crippen LogP contribution is 2.31. The maximum atomic E-state index is 13.6. The molecule has 0 bridgehead atoms. The average molecular weight is 510 g/mol. The predicted molar refractivity (Wildman–Crippen MR) is 147 cm³/mol. The summed E-state index contributed by atoms with van der Waals surface area (Å²) in [7, 11) is 0. The van der Waals surface area contributed by atoms with Crippen LogP contribution < -0.4 is 11.5 Å². The van der Waals surface area contributed by atoms with E-state index in [-0.39, 0.29) is 30.1 Å². The number of esters is 1. The number of amides is 1. The number of fused-ring (bicyclic) bond motifs is 2. The normalized spacial score (nSPS) is 12.5. The number of ether oxygens (including phenoxy) is 1. The van der Waals surface area contributed by atoms with E-state index in [1.54, 1.807) is 4.90 Å². The molecule has 0 spiro atoms. The minimum atomic E-state index is -0.223. The zero-order valence-corrected chi connectivity index (χ0v) is 21.2. The van der Waals surface area contributed by atoms with E-state index in [0.717, 1.165) is 47.1 Å². The predicted octanol–water partition coefficient (Wildman–Crippen LogP) is 4.60. The van der Waals surface area contributed by atoms with Crippen molar-refractivity contribution in [1.29, 1.82) is 0 Å². The third-order valence-corrected chi connectivity index (χ3v) is 6.85. The molecule has 2 heterocycles. The van der Waals surface area contributed by atoms with Crippen LogP contribution in [-0.4, -0.2) is 33.3 Å². The molecule has 0 fully saturated rings. The second-order valence-electron chi connectivity index (χ2n) is 9.51. The van der Waals surface area contributed by atoms with Crippen LogP contribution in [0.5, 0.6) is 0 Å². The van der Waals surface area contributed by atoms with Crippen LogP contribution in [0.4, 0.5) is 5.95 Å². The molecule has 5 rings (SSSR count). The summed E-state index contributed by atoms with van der Waals surface area (Å²) in [6, 6.07) is 21.5. The number of hydrogen-bond acceptors (Lipinski definition) is 7. The fraction of sp³-hybridized carbons (Fsp3) is 0.267. The lowest BCUT2D eigenvalue weighted by atomic mass is 9.98. The molecule has 1 aromatic heterocycles. The van der Waals surface area contributed by atoms with Crippen molar-refractivity contribution in [3.8, 4) is 11.1 Å². The zero-order chi connectivity index (χ0) is 26.5. The number of benzene rings is 3. The molecule has 4 aromatic rings. The molecule has 0 atom stereocenters.